The zero-order chi connectivity index (χ0) is 39.4. The minimum Gasteiger partial charge on any atom is -0.346 e. The summed E-state index contributed by atoms with van der Waals surface area (Å²) in [5, 5.41) is 8.20. The number of likely N-dealkylation sites (tertiary alicyclic amines) is 1. The van der Waals surface area contributed by atoms with Crippen molar-refractivity contribution in [2.45, 2.75) is 118 Å². The highest BCUT2D eigenvalue weighted by atomic mass is 32.1. The van der Waals surface area contributed by atoms with Crippen molar-refractivity contribution in [2.75, 3.05) is 13.1 Å². The summed E-state index contributed by atoms with van der Waals surface area (Å²) in [6.07, 6.45) is 13.6. The Bertz CT molecular complexity index is 1370. The lowest BCUT2D eigenvalue weighted by Gasteiger charge is -2.36. The van der Waals surface area contributed by atoms with Crippen LogP contribution in [0.25, 0.3) is 0 Å². The van der Waals surface area contributed by atoms with E-state index >= 15 is 0 Å². The second kappa shape index (κ2) is 23.6. The largest absolute Gasteiger partial charge is 0.346 e. The molecule has 52 heavy (non-hydrogen) atoms. The van der Waals surface area contributed by atoms with Gasteiger partial charge in [0.05, 0.1) is 18.1 Å². The van der Waals surface area contributed by atoms with Crippen molar-refractivity contribution >= 4 is 48.5 Å². The van der Waals surface area contributed by atoms with Gasteiger partial charge in [-0.1, -0.05) is 110 Å². The van der Waals surface area contributed by atoms with Gasteiger partial charge in [-0.3, -0.25) is 23.9 Å². The quantitative estimate of drug-likeness (QED) is 0.0459. The van der Waals surface area contributed by atoms with Crippen LogP contribution in [0.3, 0.4) is 0 Å². The van der Waals surface area contributed by atoms with Crippen molar-refractivity contribution in [2.24, 2.45) is 23.2 Å². The van der Waals surface area contributed by atoms with E-state index in [-0.39, 0.29) is 23.5 Å². The fourth-order valence-corrected chi connectivity index (χ4v) is 6.17. The topological polar surface area (TPSA) is 154 Å². The Balaban J connectivity index is 0.000000705. The van der Waals surface area contributed by atoms with Gasteiger partial charge in [0.1, 0.15) is 12.3 Å². The van der Waals surface area contributed by atoms with E-state index in [9.17, 15) is 28.8 Å². The number of Topliss-reactive ketones (excluding diaryl/α,β-unsaturated/α-hetero) is 2. The molecule has 5 atom stereocenters. The summed E-state index contributed by atoms with van der Waals surface area (Å²) in [7, 11) is 0. The van der Waals surface area contributed by atoms with Crippen molar-refractivity contribution in [3.8, 4) is 12.3 Å². The molecule has 1 aromatic carbocycles. The molecule has 2 fully saturated rings. The van der Waals surface area contributed by atoms with Crippen LogP contribution >= 0.6 is 12.8 Å². The average molecular weight is 740 g/mol. The number of rotatable bonds is 13. The van der Waals surface area contributed by atoms with Gasteiger partial charge >= 0.3 is 6.03 Å². The Morgan fingerprint density at radius 2 is 1.62 bits per heavy atom. The maximum absolute atomic E-state index is 13.7. The molecule has 1 aliphatic heterocycles. The molecule has 3 rings (SSSR count). The summed E-state index contributed by atoms with van der Waals surface area (Å²) in [5.74, 6) is 1.59. The van der Waals surface area contributed by atoms with Crippen LogP contribution in [0.4, 0.5) is 4.79 Å². The zero-order valence-corrected chi connectivity index (χ0v) is 33.0. The van der Waals surface area contributed by atoms with Gasteiger partial charge in [0, 0.05) is 25.1 Å². The average Bonchev–Trinajstić information content (AvgIpc) is 3.59. The van der Waals surface area contributed by atoms with Crippen molar-refractivity contribution in [3.63, 3.8) is 0 Å². The van der Waals surface area contributed by atoms with Gasteiger partial charge < -0.3 is 25.6 Å². The number of nitrogens with one attached hydrogen (secondary N) is 4. The SMILES string of the molecule is C#CCC.C=CCNC(=O)C(=O)C(C)NS.CC(C)C1CC(C=O)N(C(=O)C(NC(=O)NC(C(=O)c2ccccc2)C2CCCCC2)C(C)(C)C)C1. The molecule has 1 saturated carbocycles. The van der Waals surface area contributed by atoms with Crippen molar-refractivity contribution in [1.29, 1.82) is 0 Å². The number of hydrogen-bond acceptors (Lipinski definition) is 8. The number of benzene rings is 1. The van der Waals surface area contributed by atoms with Gasteiger partial charge in [-0.2, -0.15) is 0 Å². The Hall–Kier alpha value is -3.95. The van der Waals surface area contributed by atoms with Crippen LogP contribution in [0, 0.1) is 35.5 Å². The van der Waals surface area contributed by atoms with E-state index in [4.69, 9.17) is 6.42 Å². The lowest BCUT2D eigenvalue weighted by molar-refractivity contribution is -0.138. The molecule has 0 spiro atoms. The normalized spacial score (nSPS) is 18.8. The number of carbonyl (C=O) groups excluding carboxylic acids is 6. The zero-order valence-electron chi connectivity index (χ0n) is 32.1. The van der Waals surface area contributed by atoms with Gasteiger partial charge in [0.25, 0.3) is 5.91 Å². The summed E-state index contributed by atoms with van der Waals surface area (Å²) in [6, 6.07) is 6.01. The van der Waals surface area contributed by atoms with Crippen molar-refractivity contribution < 1.29 is 28.8 Å². The molecule has 2 aliphatic rings. The van der Waals surface area contributed by atoms with E-state index in [0.717, 1.165) is 44.8 Å². The first-order chi connectivity index (χ1) is 24.6. The molecular weight excluding hydrogens is 679 g/mol. The standard InChI is InChI=1S/C29H43N3O4.C7H12N2O2S.C4H6/c1-19(2)22-16-23(18-33)32(17-22)27(35)26(29(3,4)5)31-28(36)30-24(20-12-8-6-9-13-20)25(34)21-14-10-7-11-15-21;1-3-4-8-7(11)6(10)5(2)9-12;1-3-4-2/h7,10-11,14-15,18-20,22-24,26H,6,8-9,12-13,16-17H2,1-5H3,(H2,30,31,36);3,5,9,12H,1,4H2,2H3,(H,8,11);1H,4H2,2H3. The van der Waals surface area contributed by atoms with Crippen LogP contribution in [0.15, 0.2) is 43.0 Å². The van der Waals surface area contributed by atoms with Crippen LogP contribution in [0.1, 0.15) is 104 Å². The molecule has 5 unspecified atom stereocenters. The first-order valence-corrected chi connectivity index (χ1v) is 18.7. The van der Waals surface area contributed by atoms with E-state index in [1.165, 1.54) is 6.08 Å². The minimum atomic E-state index is -0.829. The molecule has 0 radical (unpaired) electrons. The third-order valence-electron chi connectivity index (χ3n) is 9.32. The molecule has 1 aromatic rings. The number of hydrogen-bond donors (Lipinski definition) is 5. The smallest absolute Gasteiger partial charge is 0.316 e. The summed E-state index contributed by atoms with van der Waals surface area (Å²) in [4.78, 5) is 75.8. The number of aldehydes is 1. The first-order valence-electron chi connectivity index (χ1n) is 18.3. The van der Waals surface area contributed by atoms with E-state index in [1.807, 2.05) is 45.9 Å². The molecule has 12 heteroatoms. The lowest BCUT2D eigenvalue weighted by atomic mass is 9.81. The number of urea groups is 1. The maximum atomic E-state index is 13.7. The second-order valence-corrected chi connectivity index (χ2v) is 15.0. The maximum Gasteiger partial charge on any atom is 0.316 e. The number of carbonyl (C=O) groups is 6. The number of amides is 4. The fourth-order valence-electron chi connectivity index (χ4n) is 6.05. The monoisotopic (exact) mass is 739 g/mol. The summed E-state index contributed by atoms with van der Waals surface area (Å²) in [5.41, 5.74) is -0.0101. The second-order valence-electron chi connectivity index (χ2n) is 14.7. The summed E-state index contributed by atoms with van der Waals surface area (Å²) in [6.45, 7) is 17.6. The van der Waals surface area contributed by atoms with Crippen molar-refractivity contribution in [1.82, 2.24) is 25.6 Å². The molecule has 0 aromatic heterocycles. The van der Waals surface area contributed by atoms with Crippen LogP contribution in [0.5, 0.6) is 0 Å². The Morgan fingerprint density at radius 1 is 1.02 bits per heavy atom. The van der Waals surface area contributed by atoms with Crippen LogP contribution in [-0.2, 0) is 19.2 Å². The van der Waals surface area contributed by atoms with Crippen LogP contribution in [0.2, 0.25) is 0 Å². The summed E-state index contributed by atoms with van der Waals surface area (Å²) >= 11 is 3.67. The van der Waals surface area contributed by atoms with Gasteiger partial charge in [-0.25, -0.2) is 4.79 Å². The number of nitrogens with zero attached hydrogens (tertiary/aromatic N) is 1. The number of ketones is 2. The lowest BCUT2D eigenvalue weighted by Crippen LogP contribution is -2.60. The van der Waals surface area contributed by atoms with E-state index in [1.54, 1.807) is 24.0 Å². The van der Waals surface area contributed by atoms with E-state index in [2.05, 4.69) is 59.8 Å². The van der Waals surface area contributed by atoms with E-state index in [0.29, 0.717) is 31.0 Å². The predicted octanol–water partition coefficient (Wildman–Crippen LogP) is 5.31. The fraction of sp³-hybridized carbons (Fsp3) is 0.600. The Kier molecular flexibility index (Phi) is 20.9. The van der Waals surface area contributed by atoms with Gasteiger partial charge in [-0.15, -0.1) is 18.9 Å². The van der Waals surface area contributed by atoms with E-state index < -0.39 is 47.3 Å². The molecular formula is C40H61N5O6S. The number of thiol groups is 1. The predicted molar refractivity (Wildman–Crippen MR) is 209 cm³/mol. The molecule has 11 nitrogen and oxygen atoms in total. The molecule has 4 N–H and O–H groups in total. The van der Waals surface area contributed by atoms with Gasteiger partial charge in [0.2, 0.25) is 11.7 Å². The molecule has 4 amide bonds. The third kappa shape index (κ3) is 15.0. The van der Waals surface area contributed by atoms with Gasteiger partial charge in [0.15, 0.2) is 5.78 Å². The third-order valence-corrected chi connectivity index (χ3v) is 9.70. The van der Waals surface area contributed by atoms with Crippen molar-refractivity contribution in [3.05, 3.63) is 48.6 Å². The molecule has 1 aliphatic carbocycles. The highest BCUT2D eigenvalue weighted by Gasteiger charge is 2.43. The number of terminal acetylenes is 1. The highest BCUT2D eigenvalue weighted by Crippen LogP contribution is 2.32. The Morgan fingerprint density at radius 3 is 2.10 bits per heavy atom. The Labute approximate surface area is 316 Å². The highest BCUT2D eigenvalue weighted by molar-refractivity contribution is 7.78. The summed E-state index contributed by atoms with van der Waals surface area (Å²) < 4.78 is 2.38. The molecule has 1 saturated heterocycles. The molecule has 0 bridgehead atoms. The van der Waals surface area contributed by atoms with Crippen LogP contribution < -0.4 is 20.7 Å². The molecule has 1 heterocycles. The van der Waals surface area contributed by atoms with Crippen LogP contribution in [-0.4, -0.2) is 77.9 Å². The molecule has 288 valence electrons. The first kappa shape index (κ1) is 46.1. The van der Waals surface area contributed by atoms with Gasteiger partial charge in [-0.05, 0) is 49.4 Å². The minimum absolute atomic E-state index is 0.0609.